The Kier molecular flexibility index (Phi) is 6.97. The summed E-state index contributed by atoms with van der Waals surface area (Å²) in [6.45, 7) is 8.03. The Morgan fingerprint density at radius 3 is 2.17 bits per heavy atom. The molecule has 35 heavy (non-hydrogen) atoms. The first-order chi connectivity index (χ1) is 16.6. The maximum atomic E-state index is 14.3. The van der Waals surface area contributed by atoms with E-state index in [-0.39, 0.29) is 36.2 Å². The summed E-state index contributed by atoms with van der Waals surface area (Å²) >= 11 is 0. The van der Waals surface area contributed by atoms with E-state index < -0.39 is 32.2 Å². The summed E-state index contributed by atoms with van der Waals surface area (Å²) in [7, 11) is -2.52. The van der Waals surface area contributed by atoms with Crippen molar-refractivity contribution in [2.24, 2.45) is 0 Å². The number of rotatable bonds is 7. The highest BCUT2D eigenvalue weighted by Gasteiger charge is 2.72. The van der Waals surface area contributed by atoms with E-state index in [9.17, 15) is 19.5 Å². The smallest absolute Gasteiger partial charge is 0.330 e. The second-order valence-corrected chi connectivity index (χ2v) is 13.7. The first-order valence-corrected chi connectivity index (χ1v) is 13.8. The van der Waals surface area contributed by atoms with Crippen LogP contribution in [0.2, 0.25) is 0 Å². The number of esters is 1. The number of nitrogens with zero attached hydrogens (tertiary/aromatic N) is 2. The molecule has 2 aliphatic rings. The number of amides is 2. The predicted molar refractivity (Wildman–Crippen MR) is 137 cm³/mol. The topological polar surface area (TPSA) is 87.2 Å². The van der Waals surface area contributed by atoms with Crippen LogP contribution in [-0.4, -0.2) is 60.2 Å². The number of hydrogen-bond acceptors (Lipinski definition) is 5. The SMILES string of the molecule is CC(C)N(Cc1ccccc1)C(=O)S1(CO)[C@@H]2CC(=O)N2[C@@H](C(=O)OCc2ccccc2)C1(C)C. The fourth-order valence-corrected chi connectivity index (χ4v) is 9.59. The van der Waals surface area contributed by atoms with Gasteiger partial charge in [-0.3, -0.25) is 9.59 Å². The lowest BCUT2D eigenvalue weighted by Gasteiger charge is -2.51. The maximum Gasteiger partial charge on any atom is 0.330 e. The van der Waals surface area contributed by atoms with Gasteiger partial charge in [0.05, 0.1) is 17.7 Å². The molecule has 1 N–H and O–H groups in total. The average Bonchev–Trinajstić information content (AvgIpc) is 3.01. The van der Waals surface area contributed by atoms with Gasteiger partial charge in [0.15, 0.2) is 0 Å². The van der Waals surface area contributed by atoms with E-state index in [0.717, 1.165) is 11.1 Å². The zero-order valence-corrected chi connectivity index (χ0v) is 21.5. The van der Waals surface area contributed by atoms with E-state index in [1.54, 1.807) is 4.90 Å². The van der Waals surface area contributed by atoms with Gasteiger partial charge >= 0.3 is 5.97 Å². The standard InChI is InChI=1S/C27H34N2O5S/c1-19(2)28(16-20-11-7-5-8-12-20)26(33)35(18-30)23-15-22(31)29(23)24(27(35,3)4)25(32)34-17-21-13-9-6-10-14-21/h5-14,19,23-24,30H,15-18H2,1-4H3/t23-,24+/m1/s1. The van der Waals surface area contributed by atoms with E-state index >= 15 is 0 Å². The van der Waals surface area contributed by atoms with Gasteiger partial charge in [-0.25, -0.2) is 4.79 Å². The van der Waals surface area contributed by atoms with Crippen molar-refractivity contribution in [2.75, 3.05) is 5.94 Å². The quantitative estimate of drug-likeness (QED) is 0.456. The minimum atomic E-state index is -2.52. The number of fused-ring (bicyclic) bond motifs is 1. The Morgan fingerprint density at radius 1 is 1.09 bits per heavy atom. The molecule has 0 bridgehead atoms. The van der Waals surface area contributed by atoms with Gasteiger partial charge in [-0.1, -0.05) is 60.7 Å². The van der Waals surface area contributed by atoms with E-state index in [4.69, 9.17) is 4.74 Å². The third-order valence-electron chi connectivity index (χ3n) is 7.30. The van der Waals surface area contributed by atoms with Crippen molar-refractivity contribution in [1.29, 1.82) is 0 Å². The Bertz CT molecular complexity index is 1090. The first-order valence-electron chi connectivity index (χ1n) is 11.9. The second-order valence-electron chi connectivity index (χ2n) is 9.95. The van der Waals surface area contributed by atoms with Crippen molar-refractivity contribution < 1.29 is 24.2 Å². The number of carbonyl (C=O) groups is 3. The van der Waals surface area contributed by atoms with Crippen LogP contribution in [0.5, 0.6) is 0 Å². The lowest BCUT2D eigenvalue weighted by molar-refractivity contribution is -0.162. The van der Waals surface area contributed by atoms with E-state index in [2.05, 4.69) is 0 Å². The Hall–Kier alpha value is -2.84. The van der Waals surface area contributed by atoms with Crippen LogP contribution in [0, 0.1) is 0 Å². The van der Waals surface area contributed by atoms with Crippen LogP contribution in [-0.2, 0) is 27.5 Å². The third kappa shape index (κ3) is 4.12. The molecule has 3 atom stereocenters. The molecule has 7 nitrogen and oxygen atoms in total. The largest absolute Gasteiger partial charge is 0.459 e. The minimum absolute atomic E-state index is 0.0838. The number of β-lactam (4-membered cyclic amide) rings is 1. The molecule has 2 aromatic rings. The molecule has 0 aromatic heterocycles. The lowest BCUT2D eigenvalue weighted by Crippen LogP contribution is -2.57. The molecule has 0 aliphatic carbocycles. The summed E-state index contributed by atoms with van der Waals surface area (Å²) in [5, 5.41) is 10.2. The summed E-state index contributed by atoms with van der Waals surface area (Å²) in [5.41, 5.74) is 1.83. The number of carbonyl (C=O) groups excluding carboxylic acids is 3. The zero-order chi connectivity index (χ0) is 25.4. The Labute approximate surface area is 208 Å². The average molecular weight is 499 g/mol. The number of aliphatic hydroxyl groups excluding tert-OH is 1. The second kappa shape index (κ2) is 9.66. The third-order valence-corrected chi connectivity index (χ3v) is 12.0. The summed E-state index contributed by atoms with van der Waals surface area (Å²) in [5.74, 6) is -1.10. The monoisotopic (exact) mass is 498 g/mol. The molecule has 2 aliphatic heterocycles. The van der Waals surface area contributed by atoms with Crippen molar-refractivity contribution >= 4 is 27.1 Å². The van der Waals surface area contributed by atoms with Gasteiger partial charge in [0, 0.05) is 17.3 Å². The van der Waals surface area contributed by atoms with Crippen molar-refractivity contribution in [3.63, 3.8) is 0 Å². The van der Waals surface area contributed by atoms with Crippen LogP contribution in [0.15, 0.2) is 60.7 Å². The van der Waals surface area contributed by atoms with Gasteiger partial charge in [0.2, 0.25) is 5.91 Å². The molecular formula is C27H34N2O5S. The van der Waals surface area contributed by atoms with E-state index in [1.165, 1.54) is 4.90 Å². The Balaban J connectivity index is 1.66. The molecule has 8 heteroatoms. The molecule has 2 heterocycles. The first kappa shape index (κ1) is 25.3. The molecule has 0 spiro atoms. The predicted octanol–water partition coefficient (Wildman–Crippen LogP) is 4.23. The van der Waals surface area contributed by atoms with Gasteiger partial charge in [-0.2, -0.15) is 0 Å². The molecule has 0 radical (unpaired) electrons. The summed E-state index contributed by atoms with van der Waals surface area (Å²) < 4.78 is 4.68. The summed E-state index contributed by atoms with van der Waals surface area (Å²) in [4.78, 5) is 43.7. The van der Waals surface area contributed by atoms with E-state index in [1.807, 2.05) is 88.4 Å². The molecule has 2 saturated heterocycles. The van der Waals surface area contributed by atoms with Crippen LogP contribution < -0.4 is 0 Å². The minimum Gasteiger partial charge on any atom is -0.459 e. The van der Waals surface area contributed by atoms with Gasteiger partial charge in [-0.15, -0.1) is 10.0 Å². The number of aliphatic hydroxyl groups is 1. The van der Waals surface area contributed by atoms with Crippen LogP contribution in [0.1, 0.15) is 45.2 Å². The summed E-state index contributed by atoms with van der Waals surface area (Å²) in [6.07, 6.45) is 0.158. The molecule has 188 valence electrons. The summed E-state index contributed by atoms with van der Waals surface area (Å²) in [6, 6.07) is 18.0. The zero-order valence-electron chi connectivity index (χ0n) is 20.7. The highest BCUT2D eigenvalue weighted by Crippen LogP contribution is 2.74. The van der Waals surface area contributed by atoms with Crippen molar-refractivity contribution in [2.45, 2.75) is 69.5 Å². The van der Waals surface area contributed by atoms with Crippen molar-refractivity contribution in [3.05, 3.63) is 71.8 Å². The van der Waals surface area contributed by atoms with Crippen LogP contribution in [0.25, 0.3) is 0 Å². The molecule has 1 unspecified atom stereocenters. The van der Waals surface area contributed by atoms with Gasteiger partial charge in [0.25, 0.3) is 5.24 Å². The maximum absolute atomic E-state index is 14.3. The van der Waals surface area contributed by atoms with Crippen LogP contribution in [0.4, 0.5) is 4.79 Å². The van der Waals surface area contributed by atoms with Gasteiger partial charge in [0.1, 0.15) is 12.6 Å². The molecule has 4 rings (SSSR count). The normalized spacial score (nSPS) is 26.5. The van der Waals surface area contributed by atoms with E-state index in [0.29, 0.717) is 6.54 Å². The molecule has 2 fully saturated rings. The molecular weight excluding hydrogens is 464 g/mol. The molecule has 2 amide bonds. The van der Waals surface area contributed by atoms with Crippen molar-refractivity contribution in [3.8, 4) is 0 Å². The van der Waals surface area contributed by atoms with Crippen LogP contribution in [0.3, 0.4) is 0 Å². The Morgan fingerprint density at radius 2 is 1.66 bits per heavy atom. The molecule has 2 aromatic carbocycles. The lowest BCUT2D eigenvalue weighted by atomic mass is 9.98. The van der Waals surface area contributed by atoms with Crippen molar-refractivity contribution in [1.82, 2.24) is 9.80 Å². The van der Waals surface area contributed by atoms with Crippen LogP contribution >= 0.6 is 10.0 Å². The fraction of sp³-hybridized carbons (Fsp3) is 0.444. The number of ether oxygens (including phenoxy) is 1. The highest BCUT2D eigenvalue weighted by atomic mass is 32.3. The van der Waals surface area contributed by atoms with Gasteiger partial charge in [-0.05, 0) is 38.8 Å². The highest BCUT2D eigenvalue weighted by molar-refractivity contribution is 8.46. The fourth-order valence-electron chi connectivity index (χ4n) is 5.23. The van der Waals surface area contributed by atoms with Gasteiger partial charge < -0.3 is 19.6 Å². The number of hydrogen-bond donors (Lipinski definition) is 1. The number of benzene rings is 2. The molecule has 0 saturated carbocycles.